The monoisotopic (exact) mass is 323 g/mol. The van der Waals surface area contributed by atoms with Crippen molar-refractivity contribution in [3.63, 3.8) is 0 Å². The van der Waals surface area contributed by atoms with Gasteiger partial charge >= 0.3 is 0 Å². The van der Waals surface area contributed by atoms with E-state index in [0.29, 0.717) is 11.3 Å². The van der Waals surface area contributed by atoms with Crippen molar-refractivity contribution in [3.05, 3.63) is 34.7 Å². The Morgan fingerprint density at radius 2 is 2.05 bits per heavy atom. The molecule has 0 unspecified atom stereocenters. The molecule has 0 radical (unpaired) electrons. The van der Waals surface area contributed by atoms with Gasteiger partial charge in [-0.3, -0.25) is 4.79 Å². The Morgan fingerprint density at radius 3 is 2.67 bits per heavy atom. The van der Waals surface area contributed by atoms with Gasteiger partial charge in [0.15, 0.2) is 9.84 Å². The van der Waals surface area contributed by atoms with E-state index >= 15 is 0 Å². The second-order valence-corrected chi connectivity index (χ2v) is 9.15. The van der Waals surface area contributed by atoms with Crippen LogP contribution in [0.25, 0.3) is 10.1 Å². The minimum atomic E-state index is -3.03. The zero-order valence-electron chi connectivity index (χ0n) is 12.0. The molecule has 2 heterocycles. The number of aryl methyl sites for hydroxylation is 1. The van der Waals surface area contributed by atoms with Crippen LogP contribution in [0.3, 0.4) is 0 Å². The summed E-state index contributed by atoms with van der Waals surface area (Å²) in [4.78, 5) is 13.2. The fraction of sp³-hybridized carbons (Fsp3) is 0.400. The van der Waals surface area contributed by atoms with Gasteiger partial charge in [-0.25, -0.2) is 8.42 Å². The number of hydrogen-bond donors (Lipinski definition) is 1. The zero-order valence-corrected chi connectivity index (χ0v) is 13.6. The summed E-state index contributed by atoms with van der Waals surface area (Å²) >= 11 is 1.45. The highest BCUT2D eigenvalue weighted by atomic mass is 32.2. The second kappa shape index (κ2) is 4.81. The Hall–Kier alpha value is -1.40. The van der Waals surface area contributed by atoms with Gasteiger partial charge < -0.3 is 5.32 Å². The third kappa shape index (κ3) is 2.70. The fourth-order valence-electron chi connectivity index (χ4n) is 2.83. The lowest BCUT2D eigenvalue weighted by Gasteiger charge is -2.23. The smallest absolute Gasteiger partial charge is 0.262 e. The van der Waals surface area contributed by atoms with Crippen LogP contribution < -0.4 is 5.32 Å². The van der Waals surface area contributed by atoms with Gasteiger partial charge in [0, 0.05) is 4.70 Å². The van der Waals surface area contributed by atoms with Crippen LogP contribution in [0.1, 0.15) is 28.6 Å². The molecule has 1 N–H and O–H groups in total. The van der Waals surface area contributed by atoms with Crippen LogP contribution >= 0.6 is 11.3 Å². The molecular formula is C15H17NO3S2. The summed E-state index contributed by atoms with van der Waals surface area (Å²) < 4.78 is 24.3. The summed E-state index contributed by atoms with van der Waals surface area (Å²) in [7, 11) is -3.03. The van der Waals surface area contributed by atoms with Gasteiger partial charge in [-0.2, -0.15) is 0 Å². The molecule has 1 atom stereocenters. The van der Waals surface area contributed by atoms with E-state index in [-0.39, 0.29) is 17.4 Å². The Balaban J connectivity index is 1.90. The van der Waals surface area contributed by atoms with Gasteiger partial charge in [0.2, 0.25) is 0 Å². The normalized spacial score (nSPS) is 24.3. The molecule has 1 aromatic carbocycles. The SMILES string of the molecule is Cc1c(C(=O)N[C@@]2(C)CCS(=O)(=O)C2)sc2ccccc12. The van der Waals surface area contributed by atoms with Crippen LogP contribution in [0.5, 0.6) is 0 Å². The lowest BCUT2D eigenvalue weighted by Crippen LogP contribution is -2.46. The van der Waals surface area contributed by atoms with Crippen LogP contribution in [0.15, 0.2) is 24.3 Å². The Kier molecular flexibility index (Phi) is 3.33. The molecule has 1 amide bonds. The summed E-state index contributed by atoms with van der Waals surface area (Å²) in [6.07, 6.45) is 0.477. The van der Waals surface area contributed by atoms with Crippen LogP contribution in [0.4, 0.5) is 0 Å². The number of thiophene rings is 1. The van der Waals surface area contributed by atoms with Crippen molar-refractivity contribution in [3.8, 4) is 0 Å². The van der Waals surface area contributed by atoms with E-state index in [9.17, 15) is 13.2 Å². The third-order valence-corrected chi connectivity index (χ3v) is 7.14. The van der Waals surface area contributed by atoms with Crippen molar-refractivity contribution in [2.24, 2.45) is 0 Å². The predicted octanol–water partition coefficient (Wildman–Crippen LogP) is 2.52. The van der Waals surface area contributed by atoms with Crippen LogP contribution in [0.2, 0.25) is 0 Å². The van der Waals surface area contributed by atoms with Crippen molar-refractivity contribution >= 4 is 37.2 Å². The van der Waals surface area contributed by atoms with Crippen LogP contribution in [-0.4, -0.2) is 31.4 Å². The van der Waals surface area contributed by atoms with Crippen LogP contribution in [0, 0.1) is 6.92 Å². The Bertz CT molecular complexity index is 823. The summed E-state index contributed by atoms with van der Waals surface area (Å²) in [5, 5.41) is 4.00. The number of rotatable bonds is 2. The molecule has 0 bridgehead atoms. The molecule has 0 spiro atoms. The zero-order chi connectivity index (χ0) is 15.3. The molecule has 1 saturated heterocycles. The summed E-state index contributed by atoms with van der Waals surface area (Å²) in [6, 6.07) is 7.89. The minimum absolute atomic E-state index is 0.0235. The maximum Gasteiger partial charge on any atom is 0.262 e. The van der Waals surface area contributed by atoms with Gasteiger partial charge in [-0.05, 0) is 37.3 Å². The van der Waals surface area contributed by atoms with Crippen molar-refractivity contribution in [1.29, 1.82) is 0 Å². The van der Waals surface area contributed by atoms with Crippen LogP contribution in [-0.2, 0) is 9.84 Å². The third-order valence-electron chi connectivity index (χ3n) is 3.97. The molecule has 4 nitrogen and oxygen atoms in total. The van der Waals surface area contributed by atoms with Gasteiger partial charge in [-0.15, -0.1) is 11.3 Å². The van der Waals surface area contributed by atoms with Gasteiger partial charge in [0.1, 0.15) is 0 Å². The number of nitrogens with one attached hydrogen (secondary N) is 1. The average Bonchev–Trinajstić information content (AvgIpc) is 2.88. The van der Waals surface area contributed by atoms with Crippen molar-refractivity contribution in [2.75, 3.05) is 11.5 Å². The van der Waals surface area contributed by atoms with E-state index in [1.54, 1.807) is 6.92 Å². The lowest BCUT2D eigenvalue weighted by molar-refractivity contribution is 0.0919. The molecule has 6 heteroatoms. The Labute approximate surface area is 128 Å². The number of carbonyl (C=O) groups is 1. The number of hydrogen-bond acceptors (Lipinski definition) is 4. The molecule has 1 aliphatic heterocycles. The van der Waals surface area contributed by atoms with E-state index in [0.717, 1.165) is 15.6 Å². The largest absolute Gasteiger partial charge is 0.345 e. The van der Waals surface area contributed by atoms with Crippen molar-refractivity contribution in [2.45, 2.75) is 25.8 Å². The number of benzene rings is 1. The number of sulfone groups is 1. The molecular weight excluding hydrogens is 306 g/mol. The maximum absolute atomic E-state index is 12.5. The van der Waals surface area contributed by atoms with Gasteiger partial charge in [0.05, 0.1) is 21.9 Å². The molecule has 1 aromatic heterocycles. The van der Waals surface area contributed by atoms with E-state index in [2.05, 4.69) is 5.32 Å². The van der Waals surface area contributed by atoms with E-state index in [1.807, 2.05) is 31.2 Å². The standard InChI is InChI=1S/C15H17NO3S2/c1-10-11-5-3-4-6-12(11)20-13(10)14(17)16-15(2)7-8-21(18,19)9-15/h3-6H,7-9H2,1-2H3,(H,16,17)/t15-/m0/s1. The lowest BCUT2D eigenvalue weighted by atomic mass is 10.0. The average molecular weight is 323 g/mol. The van der Waals surface area contributed by atoms with Crippen molar-refractivity contribution in [1.82, 2.24) is 5.32 Å². The molecule has 1 aliphatic rings. The molecule has 112 valence electrons. The summed E-state index contributed by atoms with van der Waals surface area (Å²) in [6.45, 7) is 3.74. The molecule has 21 heavy (non-hydrogen) atoms. The maximum atomic E-state index is 12.5. The molecule has 3 rings (SSSR count). The molecule has 0 aliphatic carbocycles. The molecule has 0 saturated carbocycles. The highest BCUT2D eigenvalue weighted by Gasteiger charge is 2.39. The first-order chi connectivity index (χ1) is 9.80. The van der Waals surface area contributed by atoms with Gasteiger partial charge in [-0.1, -0.05) is 18.2 Å². The van der Waals surface area contributed by atoms with Crippen molar-refractivity contribution < 1.29 is 13.2 Å². The highest BCUT2D eigenvalue weighted by Crippen LogP contribution is 2.31. The topological polar surface area (TPSA) is 63.2 Å². The van der Waals surface area contributed by atoms with E-state index in [4.69, 9.17) is 0 Å². The quantitative estimate of drug-likeness (QED) is 0.923. The predicted molar refractivity (Wildman–Crippen MR) is 85.7 cm³/mol. The summed E-state index contributed by atoms with van der Waals surface area (Å²) in [5.41, 5.74) is 0.302. The Morgan fingerprint density at radius 1 is 1.33 bits per heavy atom. The second-order valence-electron chi connectivity index (χ2n) is 5.91. The number of amides is 1. The summed E-state index contributed by atoms with van der Waals surface area (Å²) in [5.74, 6) is -0.00138. The van der Waals surface area contributed by atoms with Gasteiger partial charge in [0.25, 0.3) is 5.91 Å². The van der Waals surface area contributed by atoms with E-state index < -0.39 is 15.4 Å². The molecule has 1 fully saturated rings. The van der Waals surface area contributed by atoms with E-state index in [1.165, 1.54) is 11.3 Å². The minimum Gasteiger partial charge on any atom is -0.345 e. The number of fused-ring (bicyclic) bond motifs is 1. The first-order valence-electron chi connectivity index (χ1n) is 6.81. The number of carbonyl (C=O) groups excluding carboxylic acids is 1. The fourth-order valence-corrected chi connectivity index (χ4v) is 6.03. The first-order valence-corrected chi connectivity index (χ1v) is 9.45. The first kappa shape index (κ1) is 14.5. The highest BCUT2D eigenvalue weighted by molar-refractivity contribution is 7.91. The molecule has 2 aromatic rings.